The maximum absolute atomic E-state index is 11.3. The largest absolute Gasteiger partial charge is 0.481 e. The van der Waals surface area contributed by atoms with Crippen molar-refractivity contribution in [3.63, 3.8) is 0 Å². The van der Waals surface area contributed by atoms with Gasteiger partial charge < -0.3 is 15.1 Å². The average molecular weight is 310 g/mol. The van der Waals surface area contributed by atoms with Gasteiger partial charge in [-0.1, -0.05) is 6.92 Å². The molecule has 0 spiro atoms. The van der Waals surface area contributed by atoms with Crippen LogP contribution in [0.25, 0.3) is 0 Å². The van der Waals surface area contributed by atoms with Crippen molar-refractivity contribution in [1.29, 1.82) is 5.26 Å². The number of aliphatic carboxylic acids is 2. The van der Waals surface area contributed by atoms with Gasteiger partial charge in [-0.05, 0) is 26.3 Å². The van der Waals surface area contributed by atoms with Gasteiger partial charge in [-0.25, -0.2) is 4.79 Å². The number of rotatable bonds is 6. The minimum Gasteiger partial charge on any atom is -0.481 e. The molecule has 0 saturated carbocycles. The molecule has 0 aliphatic rings. The predicted octanol–water partition coefficient (Wildman–Crippen LogP) is 2.24. The Balaban J connectivity index is 3.31. The zero-order valence-corrected chi connectivity index (χ0v) is 13.2. The third-order valence-corrected chi connectivity index (χ3v) is 4.70. The minimum atomic E-state index is -1.06. The van der Waals surface area contributed by atoms with Gasteiger partial charge in [0.15, 0.2) is 0 Å². The summed E-state index contributed by atoms with van der Waals surface area (Å²) in [5.74, 6) is -2.79. The first-order valence-corrected chi connectivity index (χ1v) is 7.24. The Bertz CT molecular complexity index is 603. The van der Waals surface area contributed by atoms with E-state index in [9.17, 15) is 20.0 Å². The van der Waals surface area contributed by atoms with Gasteiger partial charge >= 0.3 is 11.9 Å². The van der Waals surface area contributed by atoms with Crippen LogP contribution in [0.1, 0.15) is 29.9 Å². The fraction of sp³-hybridized carbons (Fsp3) is 0.500. The molecule has 1 aromatic heterocycles. The quantitative estimate of drug-likeness (QED) is 0.835. The fourth-order valence-corrected chi connectivity index (χ4v) is 3.06. The second-order valence-electron chi connectivity index (χ2n) is 4.98. The number of carboxylic acid groups (broad SMARTS) is 2. The molecule has 114 valence electrons. The van der Waals surface area contributed by atoms with Crippen LogP contribution in [0.4, 0.5) is 5.00 Å². The smallest absolute Gasteiger partial charge is 0.326 e. The molecule has 0 aliphatic heterocycles. The zero-order valence-electron chi connectivity index (χ0n) is 12.4. The topological polar surface area (TPSA) is 102 Å². The standard InChI is InChI=1S/C14H18N2O4S/c1-7(13(17)18)6-16(9(3)14(19)20)12-11(5-15)8(2)10(4)21-12/h7,9H,6H2,1-4H3,(H,17,18)(H,19,20). The minimum absolute atomic E-state index is 0.0386. The molecule has 0 radical (unpaired) electrons. The average Bonchev–Trinajstić information content (AvgIpc) is 2.70. The molecule has 1 heterocycles. The zero-order chi connectivity index (χ0) is 16.3. The van der Waals surface area contributed by atoms with Crippen molar-refractivity contribution in [1.82, 2.24) is 0 Å². The van der Waals surface area contributed by atoms with E-state index in [0.29, 0.717) is 10.6 Å². The molecule has 1 rings (SSSR count). The van der Waals surface area contributed by atoms with E-state index < -0.39 is 23.9 Å². The molecule has 0 saturated heterocycles. The first-order valence-electron chi connectivity index (χ1n) is 6.43. The molecular formula is C14H18N2O4S. The lowest BCUT2D eigenvalue weighted by atomic mass is 10.1. The van der Waals surface area contributed by atoms with Crippen molar-refractivity contribution < 1.29 is 19.8 Å². The van der Waals surface area contributed by atoms with Crippen LogP contribution < -0.4 is 4.90 Å². The number of carbonyl (C=O) groups is 2. The van der Waals surface area contributed by atoms with E-state index in [1.807, 2.05) is 6.92 Å². The van der Waals surface area contributed by atoms with Gasteiger partial charge in [0.25, 0.3) is 0 Å². The third kappa shape index (κ3) is 3.52. The fourth-order valence-electron chi connectivity index (χ4n) is 1.87. The van der Waals surface area contributed by atoms with E-state index in [-0.39, 0.29) is 6.54 Å². The number of aryl methyl sites for hydroxylation is 1. The van der Waals surface area contributed by atoms with E-state index in [2.05, 4.69) is 6.07 Å². The van der Waals surface area contributed by atoms with Gasteiger partial charge in [0.1, 0.15) is 17.1 Å². The van der Waals surface area contributed by atoms with E-state index in [1.54, 1.807) is 6.92 Å². The molecule has 21 heavy (non-hydrogen) atoms. The number of nitriles is 1. The highest BCUT2D eigenvalue weighted by molar-refractivity contribution is 7.16. The monoisotopic (exact) mass is 310 g/mol. The number of nitrogens with zero attached hydrogens (tertiary/aromatic N) is 2. The Morgan fingerprint density at radius 1 is 1.29 bits per heavy atom. The van der Waals surface area contributed by atoms with Gasteiger partial charge in [-0.3, -0.25) is 4.79 Å². The summed E-state index contributed by atoms with van der Waals surface area (Å²) in [6.07, 6.45) is 0. The molecule has 0 bridgehead atoms. The SMILES string of the molecule is Cc1sc(N(CC(C)C(=O)O)C(C)C(=O)O)c(C#N)c1C. The molecule has 0 amide bonds. The summed E-state index contributed by atoms with van der Waals surface area (Å²) in [4.78, 5) is 24.8. The Hall–Kier alpha value is -2.07. The number of hydrogen-bond acceptors (Lipinski definition) is 5. The molecule has 0 fully saturated rings. The van der Waals surface area contributed by atoms with Crippen molar-refractivity contribution in [2.24, 2.45) is 5.92 Å². The second-order valence-corrected chi connectivity index (χ2v) is 6.18. The normalized spacial score (nSPS) is 13.3. The van der Waals surface area contributed by atoms with Crippen LogP contribution >= 0.6 is 11.3 Å². The lowest BCUT2D eigenvalue weighted by Gasteiger charge is -2.29. The van der Waals surface area contributed by atoms with Crippen LogP contribution in [0.2, 0.25) is 0 Å². The molecule has 0 aromatic carbocycles. The van der Waals surface area contributed by atoms with Crippen LogP contribution in [0.5, 0.6) is 0 Å². The highest BCUT2D eigenvalue weighted by Gasteiger charge is 2.29. The molecule has 2 unspecified atom stereocenters. The van der Waals surface area contributed by atoms with Crippen molar-refractivity contribution in [3.05, 3.63) is 16.0 Å². The van der Waals surface area contributed by atoms with E-state index in [4.69, 9.17) is 5.11 Å². The summed E-state index contributed by atoms with van der Waals surface area (Å²) >= 11 is 1.32. The van der Waals surface area contributed by atoms with Crippen molar-refractivity contribution >= 4 is 28.3 Å². The highest BCUT2D eigenvalue weighted by Crippen LogP contribution is 2.36. The Morgan fingerprint density at radius 2 is 1.86 bits per heavy atom. The third-order valence-electron chi connectivity index (χ3n) is 3.46. The summed E-state index contributed by atoms with van der Waals surface area (Å²) < 4.78 is 0. The van der Waals surface area contributed by atoms with Crippen molar-refractivity contribution in [2.45, 2.75) is 33.7 Å². The van der Waals surface area contributed by atoms with Crippen LogP contribution in [0, 0.1) is 31.1 Å². The highest BCUT2D eigenvalue weighted by atomic mass is 32.1. The van der Waals surface area contributed by atoms with Crippen LogP contribution in [-0.4, -0.2) is 34.7 Å². The van der Waals surface area contributed by atoms with Crippen LogP contribution in [-0.2, 0) is 9.59 Å². The van der Waals surface area contributed by atoms with Crippen LogP contribution in [0.15, 0.2) is 0 Å². The molecule has 2 N–H and O–H groups in total. The van der Waals surface area contributed by atoms with Gasteiger partial charge in [0.05, 0.1) is 11.5 Å². The molecule has 0 aliphatic carbocycles. The summed E-state index contributed by atoms with van der Waals surface area (Å²) in [5, 5.41) is 28.1. The first kappa shape index (κ1) is 17.0. The summed E-state index contributed by atoms with van der Waals surface area (Å²) in [7, 11) is 0. The van der Waals surface area contributed by atoms with Crippen molar-refractivity contribution in [2.75, 3.05) is 11.4 Å². The maximum atomic E-state index is 11.3. The Morgan fingerprint density at radius 3 is 2.29 bits per heavy atom. The van der Waals surface area contributed by atoms with Gasteiger partial charge in [0.2, 0.25) is 0 Å². The molecule has 7 heteroatoms. The Kier molecular flexibility index (Phi) is 5.33. The second kappa shape index (κ2) is 6.59. The molecule has 2 atom stereocenters. The summed E-state index contributed by atoms with van der Waals surface area (Å²) in [6, 6.07) is 1.18. The van der Waals surface area contributed by atoms with E-state index in [0.717, 1.165) is 10.4 Å². The number of carboxylic acids is 2. The molecular weight excluding hydrogens is 292 g/mol. The first-order chi connectivity index (χ1) is 9.70. The predicted molar refractivity (Wildman–Crippen MR) is 79.8 cm³/mol. The number of thiophene rings is 1. The number of anilines is 1. The summed E-state index contributed by atoms with van der Waals surface area (Å²) in [6.45, 7) is 6.70. The van der Waals surface area contributed by atoms with Gasteiger partial charge in [-0.2, -0.15) is 5.26 Å². The molecule has 1 aromatic rings. The summed E-state index contributed by atoms with van der Waals surface area (Å²) in [5.41, 5.74) is 1.23. The van der Waals surface area contributed by atoms with Gasteiger partial charge in [0, 0.05) is 11.4 Å². The van der Waals surface area contributed by atoms with E-state index in [1.165, 1.54) is 30.1 Å². The Labute approximate surface area is 127 Å². The maximum Gasteiger partial charge on any atom is 0.326 e. The van der Waals surface area contributed by atoms with E-state index >= 15 is 0 Å². The lowest BCUT2D eigenvalue weighted by Crippen LogP contribution is -2.43. The van der Waals surface area contributed by atoms with Crippen molar-refractivity contribution in [3.8, 4) is 6.07 Å². The number of hydrogen-bond donors (Lipinski definition) is 2. The molecule has 6 nitrogen and oxygen atoms in total. The lowest BCUT2D eigenvalue weighted by molar-refractivity contribution is -0.142. The van der Waals surface area contributed by atoms with Crippen LogP contribution in [0.3, 0.4) is 0 Å². The van der Waals surface area contributed by atoms with Gasteiger partial charge in [-0.15, -0.1) is 11.3 Å².